The third-order valence-electron chi connectivity index (χ3n) is 3.63. The first-order valence-electron chi connectivity index (χ1n) is 7.36. The summed E-state index contributed by atoms with van der Waals surface area (Å²) in [6.45, 7) is -0.242. The van der Waals surface area contributed by atoms with E-state index in [1.165, 1.54) is 23.0 Å². The van der Waals surface area contributed by atoms with Crippen molar-refractivity contribution in [3.05, 3.63) is 57.8 Å². The van der Waals surface area contributed by atoms with E-state index in [1.54, 1.807) is 12.1 Å². The second-order valence-electron chi connectivity index (χ2n) is 5.45. The van der Waals surface area contributed by atoms with Crippen molar-refractivity contribution in [2.45, 2.75) is 25.7 Å². The van der Waals surface area contributed by atoms with Gasteiger partial charge in [0.25, 0.3) is 5.56 Å². The molecule has 2 heterocycles. The Kier molecular flexibility index (Phi) is 4.57. The van der Waals surface area contributed by atoms with Gasteiger partial charge in [0.05, 0.1) is 37.3 Å². The van der Waals surface area contributed by atoms with Crippen molar-refractivity contribution in [3.63, 3.8) is 0 Å². The summed E-state index contributed by atoms with van der Waals surface area (Å²) in [5.41, 5.74) is 1.93. The molecule has 0 saturated carbocycles. The average Bonchev–Trinajstić information content (AvgIpc) is 2.56. The fourth-order valence-corrected chi connectivity index (χ4v) is 2.44. The lowest BCUT2D eigenvalue weighted by atomic mass is 10.1. The lowest BCUT2D eigenvalue weighted by Gasteiger charge is -2.16. The van der Waals surface area contributed by atoms with Crippen LogP contribution in [0.4, 0.5) is 13.2 Å². The van der Waals surface area contributed by atoms with Gasteiger partial charge in [-0.2, -0.15) is 13.2 Å². The molecule has 128 valence electrons. The summed E-state index contributed by atoms with van der Waals surface area (Å²) in [4.78, 5) is 16.7. The molecule has 3 rings (SSSR count). The highest BCUT2D eigenvalue weighted by Gasteiger charge is 2.28. The number of ether oxygens (including phenoxy) is 2. The van der Waals surface area contributed by atoms with E-state index in [4.69, 9.17) is 4.74 Å². The molecule has 0 aliphatic carbocycles. The molecule has 1 aliphatic heterocycles. The van der Waals surface area contributed by atoms with Crippen LogP contribution in [0.2, 0.25) is 0 Å². The molecule has 0 atom stereocenters. The number of fused-ring (bicyclic) bond motifs is 1. The molecule has 0 spiro atoms. The number of alkyl halides is 3. The van der Waals surface area contributed by atoms with Gasteiger partial charge in [-0.15, -0.1) is 0 Å². The van der Waals surface area contributed by atoms with Crippen molar-refractivity contribution in [1.82, 2.24) is 9.55 Å². The number of halogens is 3. The fraction of sp³-hybridized carbons (Fsp3) is 0.375. The summed E-state index contributed by atoms with van der Waals surface area (Å²) >= 11 is 0. The van der Waals surface area contributed by atoms with E-state index in [2.05, 4.69) is 9.72 Å². The summed E-state index contributed by atoms with van der Waals surface area (Å²) in [6, 6.07) is 6.13. The lowest BCUT2D eigenvalue weighted by molar-refractivity contribution is -0.153. The Morgan fingerprint density at radius 3 is 2.71 bits per heavy atom. The zero-order valence-corrected chi connectivity index (χ0v) is 12.7. The molecular formula is C16H15F3N2O3. The zero-order chi connectivity index (χ0) is 17.2. The van der Waals surface area contributed by atoms with E-state index in [-0.39, 0.29) is 24.5 Å². The van der Waals surface area contributed by atoms with Gasteiger partial charge >= 0.3 is 6.18 Å². The number of hydrogen-bond donors (Lipinski definition) is 0. The summed E-state index contributed by atoms with van der Waals surface area (Å²) in [6.07, 6.45) is -2.26. The highest BCUT2D eigenvalue weighted by molar-refractivity contribution is 5.28. The number of rotatable bonds is 4. The third kappa shape index (κ3) is 3.94. The molecule has 1 aromatic carbocycles. The van der Waals surface area contributed by atoms with Gasteiger partial charge in [0.2, 0.25) is 0 Å². The van der Waals surface area contributed by atoms with Crippen molar-refractivity contribution in [3.8, 4) is 5.75 Å². The minimum Gasteiger partial charge on any atom is -0.484 e. The van der Waals surface area contributed by atoms with Gasteiger partial charge < -0.3 is 9.47 Å². The molecule has 0 unspecified atom stereocenters. The van der Waals surface area contributed by atoms with Crippen LogP contribution in [0, 0.1) is 0 Å². The van der Waals surface area contributed by atoms with Crippen molar-refractivity contribution in [2.75, 3.05) is 13.2 Å². The third-order valence-corrected chi connectivity index (χ3v) is 3.63. The van der Waals surface area contributed by atoms with Crippen LogP contribution in [-0.2, 0) is 24.3 Å². The van der Waals surface area contributed by atoms with Crippen LogP contribution in [0.15, 0.2) is 35.4 Å². The second-order valence-corrected chi connectivity index (χ2v) is 5.45. The minimum absolute atomic E-state index is 0.125. The Morgan fingerprint density at radius 1 is 1.25 bits per heavy atom. The largest absolute Gasteiger partial charge is 0.484 e. The molecule has 0 N–H and O–H groups in total. The van der Waals surface area contributed by atoms with E-state index in [0.29, 0.717) is 18.6 Å². The summed E-state index contributed by atoms with van der Waals surface area (Å²) in [5.74, 6) is 0.125. The first-order chi connectivity index (χ1) is 11.4. The molecule has 0 amide bonds. The lowest BCUT2D eigenvalue weighted by Crippen LogP contribution is -2.29. The smallest absolute Gasteiger partial charge is 0.422 e. The van der Waals surface area contributed by atoms with Crippen LogP contribution in [0.25, 0.3) is 0 Å². The Balaban J connectivity index is 1.71. The summed E-state index contributed by atoms with van der Waals surface area (Å²) in [5, 5.41) is 0. The first-order valence-corrected chi connectivity index (χ1v) is 7.36. The van der Waals surface area contributed by atoms with E-state index in [9.17, 15) is 18.0 Å². The van der Waals surface area contributed by atoms with Gasteiger partial charge in [-0.3, -0.25) is 9.36 Å². The highest BCUT2D eigenvalue weighted by atomic mass is 19.4. The molecule has 0 radical (unpaired) electrons. The SMILES string of the molecule is O=c1c2c(ncn1Cc1ccc(OCC(F)(F)F)cc1)CCOC2. The molecule has 1 aromatic heterocycles. The molecule has 0 saturated heterocycles. The standard InChI is InChI=1S/C16H15F3N2O3/c17-16(18,19)9-24-12-3-1-11(2-4-12)7-21-10-20-14-5-6-23-8-13(14)15(21)22/h1-4,10H,5-9H2. The molecule has 0 bridgehead atoms. The number of hydrogen-bond acceptors (Lipinski definition) is 4. The van der Waals surface area contributed by atoms with Crippen LogP contribution >= 0.6 is 0 Å². The van der Waals surface area contributed by atoms with E-state index in [1.807, 2.05) is 0 Å². The summed E-state index contributed by atoms with van der Waals surface area (Å²) in [7, 11) is 0. The van der Waals surface area contributed by atoms with Gasteiger partial charge in [-0.25, -0.2) is 4.98 Å². The van der Waals surface area contributed by atoms with E-state index < -0.39 is 12.8 Å². The van der Waals surface area contributed by atoms with Crippen LogP contribution in [0.1, 0.15) is 16.8 Å². The van der Waals surface area contributed by atoms with E-state index >= 15 is 0 Å². The van der Waals surface area contributed by atoms with Gasteiger partial charge in [0.15, 0.2) is 6.61 Å². The van der Waals surface area contributed by atoms with Gasteiger partial charge in [0.1, 0.15) is 5.75 Å². The number of aromatic nitrogens is 2. The normalized spacial score (nSPS) is 14.3. The molecule has 2 aromatic rings. The Hall–Kier alpha value is -2.35. The predicted octanol–water partition coefficient (Wildman–Crippen LogP) is 2.31. The highest BCUT2D eigenvalue weighted by Crippen LogP contribution is 2.19. The van der Waals surface area contributed by atoms with Gasteiger partial charge in [-0.1, -0.05) is 12.1 Å². The molecule has 24 heavy (non-hydrogen) atoms. The number of nitrogens with zero attached hydrogens (tertiary/aromatic N) is 2. The Bertz CT molecular complexity index is 770. The van der Waals surface area contributed by atoms with Crippen molar-refractivity contribution in [1.29, 1.82) is 0 Å². The maximum absolute atomic E-state index is 12.4. The van der Waals surface area contributed by atoms with Gasteiger partial charge in [0, 0.05) is 6.42 Å². The molecule has 5 nitrogen and oxygen atoms in total. The first kappa shape index (κ1) is 16.5. The van der Waals surface area contributed by atoms with Crippen molar-refractivity contribution < 1.29 is 22.6 Å². The molecule has 0 fully saturated rings. The maximum Gasteiger partial charge on any atom is 0.422 e. The number of benzene rings is 1. The summed E-state index contributed by atoms with van der Waals surface area (Å²) < 4.78 is 47.7. The Morgan fingerprint density at radius 2 is 2.00 bits per heavy atom. The second kappa shape index (κ2) is 6.64. The van der Waals surface area contributed by atoms with E-state index in [0.717, 1.165) is 11.3 Å². The van der Waals surface area contributed by atoms with Gasteiger partial charge in [-0.05, 0) is 17.7 Å². The van der Waals surface area contributed by atoms with Crippen LogP contribution < -0.4 is 10.3 Å². The Labute approximate surface area is 135 Å². The van der Waals surface area contributed by atoms with Crippen LogP contribution in [0.3, 0.4) is 0 Å². The van der Waals surface area contributed by atoms with Crippen molar-refractivity contribution in [2.24, 2.45) is 0 Å². The monoisotopic (exact) mass is 340 g/mol. The van der Waals surface area contributed by atoms with Crippen LogP contribution in [-0.4, -0.2) is 28.9 Å². The fourth-order valence-electron chi connectivity index (χ4n) is 2.44. The van der Waals surface area contributed by atoms with Crippen LogP contribution in [0.5, 0.6) is 5.75 Å². The van der Waals surface area contributed by atoms with Crippen molar-refractivity contribution >= 4 is 0 Å². The quantitative estimate of drug-likeness (QED) is 0.857. The topological polar surface area (TPSA) is 53.4 Å². The molecular weight excluding hydrogens is 325 g/mol. The maximum atomic E-state index is 12.4. The average molecular weight is 340 g/mol. The zero-order valence-electron chi connectivity index (χ0n) is 12.7. The predicted molar refractivity (Wildman–Crippen MR) is 79.0 cm³/mol. The molecule has 1 aliphatic rings. The minimum atomic E-state index is -4.37. The molecule has 8 heteroatoms.